The Hall–Kier alpha value is -2.46. The van der Waals surface area contributed by atoms with Crippen molar-refractivity contribution in [3.63, 3.8) is 0 Å². The maximum Gasteiger partial charge on any atom is 0.692 e. The molecule has 0 heterocycles. The number of hydrogen-bond acceptors (Lipinski definition) is 5. The van der Waals surface area contributed by atoms with Gasteiger partial charge in [-0.3, -0.25) is 10.1 Å². The minimum absolute atomic E-state index is 0.0169. The number of ether oxygens (including phenoxy) is 1. The summed E-state index contributed by atoms with van der Waals surface area (Å²) in [5.74, 6) is 0.229. The van der Waals surface area contributed by atoms with E-state index in [2.05, 4.69) is 5.32 Å². The van der Waals surface area contributed by atoms with Gasteiger partial charge in [0.1, 0.15) is 17.2 Å². The molecular formula is C19H22ClF3N2O6P+. The minimum Gasteiger partial charge on any atom is -0.456 e. The second-order valence-corrected chi connectivity index (χ2v) is 7.74. The van der Waals surface area contributed by atoms with E-state index in [1.54, 1.807) is 0 Å². The molecule has 3 N–H and O–H groups in total. The molecule has 0 aromatic heterocycles. The maximum absolute atomic E-state index is 12.8. The van der Waals surface area contributed by atoms with Gasteiger partial charge in [-0.25, -0.2) is 0 Å². The molecule has 0 aliphatic heterocycles. The maximum atomic E-state index is 12.8. The fourth-order valence-corrected chi connectivity index (χ4v) is 2.70. The molecule has 176 valence electrons. The number of nitrogens with one attached hydrogen (secondary N) is 1. The highest BCUT2D eigenvalue weighted by Crippen LogP contribution is 2.38. The van der Waals surface area contributed by atoms with E-state index in [0.717, 1.165) is 31.0 Å². The van der Waals surface area contributed by atoms with Crippen LogP contribution in [0.4, 0.5) is 24.5 Å². The number of anilines is 1. The van der Waals surface area contributed by atoms with Crippen molar-refractivity contribution in [2.75, 3.05) is 5.32 Å². The fraction of sp³-hybridized carbons (Fsp3) is 0.368. The van der Waals surface area contributed by atoms with Gasteiger partial charge >= 0.3 is 14.4 Å². The molecule has 0 amide bonds. The molecule has 0 aliphatic rings. The Morgan fingerprint density at radius 2 is 1.72 bits per heavy atom. The third kappa shape index (κ3) is 8.23. The van der Waals surface area contributed by atoms with Crippen LogP contribution in [0.1, 0.15) is 39.2 Å². The summed E-state index contributed by atoms with van der Waals surface area (Å²) in [5.41, 5.74) is -1.12. The van der Waals surface area contributed by atoms with Crippen molar-refractivity contribution in [3.8, 4) is 11.5 Å². The highest BCUT2D eigenvalue weighted by molar-refractivity contribution is 7.30. The van der Waals surface area contributed by atoms with Crippen molar-refractivity contribution in [3.05, 3.63) is 57.1 Å². The summed E-state index contributed by atoms with van der Waals surface area (Å²) in [5, 5.41) is 14.3. The average Bonchev–Trinajstić information content (AvgIpc) is 2.68. The van der Waals surface area contributed by atoms with Crippen LogP contribution in [0, 0.1) is 10.1 Å². The Bertz CT molecular complexity index is 967. The SMILES string of the molecule is CCC(C)(CC)Nc1cc(Oc2ccc(C(F)(F)F)cc2Cl)ccc1[N+](=O)[O-].O=[P+](O)O. The lowest BCUT2D eigenvalue weighted by atomic mass is 9.95. The number of benzene rings is 2. The molecule has 0 bridgehead atoms. The van der Waals surface area contributed by atoms with Crippen molar-refractivity contribution < 1.29 is 37.2 Å². The lowest BCUT2D eigenvalue weighted by molar-refractivity contribution is -0.384. The third-order valence-corrected chi connectivity index (χ3v) is 4.94. The molecule has 0 unspecified atom stereocenters. The Morgan fingerprint density at radius 3 is 2.16 bits per heavy atom. The van der Waals surface area contributed by atoms with E-state index in [-0.39, 0.29) is 33.4 Å². The number of nitro groups is 1. The highest BCUT2D eigenvalue weighted by Gasteiger charge is 2.31. The highest BCUT2D eigenvalue weighted by atomic mass is 35.5. The summed E-state index contributed by atoms with van der Waals surface area (Å²) in [6, 6.07) is 6.83. The van der Waals surface area contributed by atoms with Crippen molar-refractivity contribution in [1.29, 1.82) is 0 Å². The van der Waals surface area contributed by atoms with Crippen molar-refractivity contribution in [2.24, 2.45) is 0 Å². The lowest BCUT2D eigenvalue weighted by Gasteiger charge is -2.29. The van der Waals surface area contributed by atoms with Gasteiger partial charge < -0.3 is 10.1 Å². The zero-order valence-electron chi connectivity index (χ0n) is 17.3. The van der Waals surface area contributed by atoms with Gasteiger partial charge in [0.2, 0.25) is 0 Å². The Balaban J connectivity index is 0.00000118. The molecule has 0 saturated heterocycles. The summed E-state index contributed by atoms with van der Waals surface area (Å²) < 4.78 is 52.5. The topological polar surface area (TPSA) is 122 Å². The van der Waals surface area contributed by atoms with Crippen LogP contribution in [0.2, 0.25) is 5.02 Å². The van der Waals surface area contributed by atoms with Gasteiger partial charge in [-0.05, 0) is 44.0 Å². The van der Waals surface area contributed by atoms with Gasteiger partial charge in [-0.2, -0.15) is 13.2 Å². The third-order valence-electron chi connectivity index (χ3n) is 4.65. The molecule has 2 rings (SSSR count). The summed E-state index contributed by atoms with van der Waals surface area (Å²) >= 11 is 5.91. The van der Waals surface area contributed by atoms with E-state index in [9.17, 15) is 23.3 Å². The van der Waals surface area contributed by atoms with E-state index in [4.69, 9.17) is 30.7 Å². The van der Waals surface area contributed by atoms with Crippen LogP contribution in [0.15, 0.2) is 36.4 Å². The van der Waals surface area contributed by atoms with Crippen LogP contribution >= 0.6 is 19.9 Å². The molecule has 2 aromatic rings. The van der Waals surface area contributed by atoms with Crippen LogP contribution in [-0.4, -0.2) is 20.2 Å². The number of halogens is 4. The lowest BCUT2D eigenvalue weighted by Crippen LogP contribution is -2.33. The molecule has 0 fully saturated rings. The Labute approximate surface area is 188 Å². The summed E-state index contributed by atoms with van der Waals surface area (Å²) in [6.45, 7) is 5.87. The van der Waals surface area contributed by atoms with Gasteiger partial charge in [-0.1, -0.05) is 25.4 Å². The van der Waals surface area contributed by atoms with Crippen LogP contribution < -0.4 is 10.1 Å². The standard InChI is InChI=1S/C19H20ClF3N2O3.HO3P/c1-4-18(3,5-2)24-15-11-13(7-8-16(15)25(26)27)28-17-9-6-12(10-14(17)20)19(21,22)23;1-4(2)3/h6-11,24H,4-5H2,1-3H3;(H-,1,2,3)/p+1. The molecular weight excluding hydrogens is 476 g/mol. The van der Waals surface area contributed by atoms with E-state index in [0.29, 0.717) is 0 Å². The molecule has 0 aliphatic carbocycles. The van der Waals surface area contributed by atoms with E-state index in [1.165, 1.54) is 18.2 Å². The van der Waals surface area contributed by atoms with Crippen LogP contribution in [0.3, 0.4) is 0 Å². The van der Waals surface area contributed by atoms with Crippen molar-refractivity contribution in [1.82, 2.24) is 0 Å². The van der Waals surface area contributed by atoms with Gasteiger partial charge in [0.25, 0.3) is 5.69 Å². The van der Waals surface area contributed by atoms with E-state index >= 15 is 0 Å². The number of rotatable bonds is 7. The summed E-state index contributed by atoms with van der Waals surface area (Å²) in [7, 11) is -2.87. The van der Waals surface area contributed by atoms with Crippen LogP contribution in [0.5, 0.6) is 11.5 Å². The first-order chi connectivity index (χ1) is 14.7. The first-order valence-corrected chi connectivity index (χ1v) is 10.7. The summed E-state index contributed by atoms with van der Waals surface area (Å²) in [4.78, 5) is 25.1. The normalized spacial score (nSPS) is 11.3. The molecule has 13 heteroatoms. The molecule has 0 radical (unpaired) electrons. The van der Waals surface area contributed by atoms with Gasteiger partial charge in [0.05, 0.1) is 15.5 Å². The monoisotopic (exact) mass is 497 g/mol. The van der Waals surface area contributed by atoms with Crippen molar-refractivity contribution >= 4 is 31.2 Å². The summed E-state index contributed by atoms with van der Waals surface area (Å²) in [6.07, 6.45) is -3.05. The number of nitro benzene ring substituents is 1. The molecule has 0 atom stereocenters. The predicted molar refractivity (Wildman–Crippen MR) is 114 cm³/mol. The average molecular weight is 498 g/mol. The van der Waals surface area contributed by atoms with Gasteiger partial charge in [0, 0.05) is 22.2 Å². The second-order valence-electron chi connectivity index (χ2n) is 6.83. The zero-order chi connectivity index (χ0) is 24.7. The van der Waals surface area contributed by atoms with Gasteiger partial charge in [-0.15, -0.1) is 9.79 Å². The quantitative estimate of drug-likeness (QED) is 0.221. The molecule has 0 saturated carbocycles. The minimum atomic E-state index is -4.52. The molecule has 32 heavy (non-hydrogen) atoms. The first kappa shape index (κ1) is 27.6. The van der Waals surface area contributed by atoms with E-state index in [1.807, 2.05) is 20.8 Å². The smallest absolute Gasteiger partial charge is 0.456 e. The molecule has 8 nitrogen and oxygen atoms in total. The zero-order valence-corrected chi connectivity index (χ0v) is 19.0. The van der Waals surface area contributed by atoms with Crippen LogP contribution in [-0.2, 0) is 10.7 Å². The number of hydrogen-bond donors (Lipinski definition) is 3. The first-order valence-electron chi connectivity index (χ1n) is 9.18. The second kappa shape index (κ2) is 11.4. The van der Waals surface area contributed by atoms with Crippen LogP contribution in [0.25, 0.3) is 0 Å². The fourth-order valence-electron chi connectivity index (χ4n) is 2.48. The Morgan fingerprint density at radius 1 is 1.16 bits per heavy atom. The molecule has 2 aromatic carbocycles. The van der Waals surface area contributed by atoms with Gasteiger partial charge in [0.15, 0.2) is 0 Å². The molecule has 0 spiro atoms. The van der Waals surface area contributed by atoms with Crippen molar-refractivity contribution in [2.45, 2.75) is 45.3 Å². The Kier molecular flexibility index (Phi) is 9.84. The predicted octanol–water partition coefficient (Wildman–Crippen LogP) is 6.68. The van der Waals surface area contributed by atoms with E-state index < -0.39 is 24.9 Å². The number of nitrogens with zero attached hydrogens (tertiary/aromatic N) is 1. The largest absolute Gasteiger partial charge is 0.692 e. The number of alkyl halides is 3.